The minimum Gasteiger partial charge on any atom is -0.379 e. The fraction of sp³-hybridized carbons (Fsp3) is 0.235. The molecular weight excluding hydrogens is 399 g/mol. The lowest BCUT2D eigenvalue weighted by Crippen LogP contribution is -2.40. The van der Waals surface area contributed by atoms with Crippen molar-refractivity contribution in [1.82, 2.24) is 4.31 Å². The Bertz CT molecular complexity index is 928. The Balaban J connectivity index is 1.83. The fourth-order valence-electron chi connectivity index (χ4n) is 2.52. The van der Waals surface area contributed by atoms with E-state index in [1.54, 1.807) is 12.1 Å². The van der Waals surface area contributed by atoms with Gasteiger partial charge in [-0.05, 0) is 36.4 Å². The van der Waals surface area contributed by atoms with Crippen molar-refractivity contribution >= 4 is 44.8 Å². The molecule has 1 N–H and O–H groups in total. The summed E-state index contributed by atoms with van der Waals surface area (Å²) in [5.74, 6) is -0.465. The second kappa shape index (κ2) is 7.94. The van der Waals surface area contributed by atoms with Crippen molar-refractivity contribution in [3.05, 3.63) is 58.1 Å². The molecule has 2 aromatic rings. The molecule has 0 aliphatic carbocycles. The Morgan fingerprint density at radius 1 is 1.08 bits per heavy atom. The second-order valence-corrected chi connectivity index (χ2v) is 8.40. The van der Waals surface area contributed by atoms with Gasteiger partial charge in [0, 0.05) is 23.7 Å². The molecule has 138 valence electrons. The molecule has 1 saturated heterocycles. The van der Waals surface area contributed by atoms with Gasteiger partial charge in [0.1, 0.15) is 0 Å². The molecule has 3 rings (SSSR count). The number of amides is 1. The number of benzene rings is 2. The molecule has 0 unspecified atom stereocenters. The van der Waals surface area contributed by atoms with Gasteiger partial charge in [-0.3, -0.25) is 4.79 Å². The molecule has 0 bridgehead atoms. The summed E-state index contributed by atoms with van der Waals surface area (Å²) in [6, 6.07) is 10.6. The molecule has 9 heteroatoms. The zero-order valence-corrected chi connectivity index (χ0v) is 15.9. The average Bonchev–Trinajstić information content (AvgIpc) is 2.65. The maximum absolute atomic E-state index is 12.7. The van der Waals surface area contributed by atoms with Crippen molar-refractivity contribution in [3.63, 3.8) is 0 Å². The first-order chi connectivity index (χ1) is 12.4. The van der Waals surface area contributed by atoms with Crippen LogP contribution in [-0.2, 0) is 14.8 Å². The van der Waals surface area contributed by atoms with Gasteiger partial charge in [-0.1, -0.05) is 29.3 Å². The molecule has 0 spiro atoms. The van der Waals surface area contributed by atoms with Crippen LogP contribution in [0, 0.1) is 0 Å². The van der Waals surface area contributed by atoms with Gasteiger partial charge in [0.25, 0.3) is 5.91 Å². The van der Waals surface area contributed by atoms with E-state index in [1.165, 1.54) is 34.6 Å². The van der Waals surface area contributed by atoms with Gasteiger partial charge in [-0.25, -0.2) is 8.42 Å². The number of hydrogen-bond acceptors (Lipinski definition) is 4. The van der Waals surface area contributed by atoms with Crippen LogP contribution in [0.2, 0.25) is 10.0 Å². The van der Waals surface area contributed by atoms with Gasteiger partial charge in [-0.2, -0.15) is 4.31 Å². The highest BCUT2D eigenvalue weighted by atomic mass is 35.5. The lowest BCUT2D eigenvalue weighted by Gasteiger charge is -2.26. The largest absolute Gasteiger partial charge is 0.379 e. The highest BCUT2D eigenvalue weighted by Crippen LogP contribution is 2.26. The summed E-state index contributed by atoms with van der Waals surface area (Å²) in [5, 5.41) is 3.40. The molecule has 1 fully saturated rings. The quantitative estimate of drug-likeness (QED) is 0.832. The number of anilines is 1. The molecule has 0 aromatic heterocycles. The molecule has 1 heterocycles. The Hall–Kier alpha value is -1.64. The standard InChI is InChI=1S/C17H16Cl2N2O4S/c18-13-4-5-16(15(19)11-13)20-17(22)12-2-1-3-14(10-12)26(23,24)21-6-8-25-9-7-21/h1-5,10-11H,6-9H2,(H,20,22). The van der Waals surface area contributed by atoms with Crippen LogP contribution in [0.25, 0.3) is 0 Å². The third-order valence-corrected chi connectivity index (χ3v) is 6.33. The Labute approximate surface area is 161 Å². The molecule has 1 aliphatic heterocycles. The Morgan fingerprint density at radius 3 is 2.50 bits per heavy atom. The molecule has 1 aliphatic rings. The lowest BCUT2D eigenvalue weighted by molar-refractivity contribution is 0.0730. The summed E-state index contributed by atoms with van der Waals surface area (Å²) in [4.78, 5) is 12.5. The third-order valence-electron chi connectivity index (χ3n) is 3.88. The van der Waals surface area contributed by atoms with Gasteiger partial charge < -0.3 is 10.1 Å². The number of nitrogens with zero attached hydrogens (tertiary/aromatic N) is 1. The summed E-state index contributed by atoms with van der Waals surface area (Å²) in [7, 11) is -3.67. The Morgan fingerprint density at radius 2 is 1.81 bits per heavy atom. The maximum atomic E-state index is 12.7. The minimum atomic E-state index is -3.67. The van der Waals surface area contributed by atoms with Gasteiger partial charge in [0.05, 0.1) is 28.8 Å². The minimum absolute atomic E-state index is 0.0641. The molecule has 26 heavy (non-hydrogen) atoms. The van der Waals surface area contributed by atoms with E-state index in [1.807, 2.05) is 0 Å². The van der Waals surface area contributed by atoms with Gasteiger partial charge in [0.15, 0.2) is 0 Å². The molecule has 6 nitrogen and oxygen atoms in total. The summed E-state index contributed by atoms with van der Waals surface area (Å²) in [5.41, 5.74) is 0.604. The number of morpholine rings is 1. The highest BCUT2D eigenvalue weighted by molar-refractivity contribution is 7.89. The SMILES string of the molecule is O=C(Nc1ccc(Cl)cc1Cl)c1cccc(S(=O)(=O)N2CCOCC2)c1. The molecule has 0 atom stereocenters. The van der Waals surface area contributed by atoms with Crippen LogP contribution in [0.1, 0.15) is 10.4 Å². The highest BCUT2D eigenvalue weighted by Gasteiger charge is 2.26. The number of halogens is 2. The third kappa shape index (κ3) is 4.19. The number of nitrogens with one attached hydrogen (secondary N) is 1. The van der Waals surface area contributed by atoms with E-state index in [9.17, 15) is 13.2 Å². The number of hydrogen-bond donors (Lipinski definition) is 1. The van der Waals surface area contributed by atoms with Crippen LogP contribution in [0.3, 0.4) is 0 Å². The van der Waals surface area contributed by atoms with E-state index in [0.29, 0.717) is 42.0 Å². The van der Waals surface area contributed by atoms with Gasteiger partial charge in [-0.15, -0.1) is 0 Å². The van der Waals surface area contributed by atoms with Crippen molar-refractivity contribution in [2.45, 2.75) is 4.90 Å². The average molecular weight is 415 g/mol. The van der Waals surface area contributed by atoms with Crippen LogP contribution in [0.5, 0.6) is 0 Å². The van der Waals surface area contributed by atoms with Crippen molar-refractivity contribution in [2.75, 3.05) is 31.6 Å². The van der Waals surface area contributed by atoms with Gasteiger partial charge >= 0.3 is 0 Å². The van der Waals surface area contributed by atoms with E-state index in [4.69, 9.17) is 27.9 Å². The Kier molecular flexibility index (Phi) is 5.84. The monoisotopic (exact) mass is 414 g/mol. The van der Waals surface area contributed by atoms with Crippen LogP contribution in [0.4, 0.5) is 5.69 Å². The number of sulfonamides is 1. The van der Waals surface area contributed by atoms with Crippen molar-refractivity contribution in [3.8, 4) is 0 Å². The van der Waals surface area contributed by atoms with Gasteiger partial charge in [0.2, 0.25) is 10.0 Å². The number of carbonyl (C=O) groups excluding carboxylic acids is 1. The first kappa shape index (κ1) is 19.1. The number of rotatable bonds is 4. The molecule has 2 aromatic carbocycles. The smallest absolute Gasteiger partial charge is 0.255 e. The lowest BCUT2D eigenvalue weighted by atomic mass is 10.2. The second-order valence-electron chi connectivity index (χ2n) is 5.62. The van der Waals surface area contributed by atoms with E-state index in [-0.39, 0.29) is 10.5 Å². The zero-order valence-electron chi connectivity index (χ0n) is 13.6. The van der Waals surface area contributed by atoms with E-state index >= 15 is 0 Å². The molecule has 1 amide bonds. The number of carbonyl (C=O) groups is 1. The van der Waals surface area contributed by atoms with Crippen LogP contribution in [-0.4, -0.2) is 44.9 Å². The molecule has 0 radical (unpaired) electrons. The predicted octanol–water partition coefficient (Wildman–Crippen LogP) is 3.27. The summed E-state index contributed by atoms with van der Waals surface area (Å²) in [6.07, 6.45) is 0. The van der Waals surface area contributed by atoms with Crippen LogP contribution in [0.15, 0.2) is 47.4 Å². The molecule has 0 saturated carbocycles. The van der Waals surface area contributed by atoms with Crippen LogP contribution < -0.4 is 5.32 Å². The first-order valence-electron chi connectivity index (χ1n) is 7.82. The van der Waals surface area contributed by atoms with Crippen molar-refractivity contribution in [1.29, 1.82) is 0 Å². The predicted molar refractivity (Wildman–Crippen MR) is 100 cm³/mol. The maximum Gasteiger partial charge on any atom is 0.255 e. The fourth-order valence-corrected chi connectivity index (χ4v) is 4.43. The van der Waals surface area contributed by atoms with Crippen LogP contribution >= 0.6 is 23.2 Å². The number of ether oxygens (including phenoxy) is 1. The van der Waals surface area contributed by atoms with E-state index in [0.717, 1.165) is 0 Å². The molecular formula is C17H16Cl2N2O4S. The van der Waals surface area contributed by atoms with E-state index < -0.39 is 15.9 Å². The zero-order chi connectivity index (χ0) is 18.7. The topological polar surface area (TPSA) is 75.7 Å². The summed E-state index contributed by atoms with van der Waals surface area (Å²) < 4.78 is 32.0. The normalized spacial score (nSPS) is 15.6. The summed E-state index contributed by atoms with van der Waals surface area (Å²) in [6.45, 7) is 1.29. The summed E-state index contributed by atoms with van der Waals surface area (Å²) >= 11 is 11.9. The van der Waals surface area contributed by atoms with E-state index in [2.05, 4.69) is 5.32 Å². The first-order valence-corrected chi connectivity index (χ1v) is 10.0. The van der Waals surface area contributed by atoms with Crippen molar-refractivity contribution in [2.24, 2.45) is 0 Å². The van der Waals surface area contributed by atoms with Crippen molar-refractivity contribution < 1.29 is 17.9 Å².